The second-order valence-corrected chi connectivity index (χ2v) is 8.40. The highest BCUT2D eigenvalue weighted by Crippen LogP contribution is 2.28. The standard InChI is InChI=1S/C25H29N3O2/c1-17-6-5-11-28(15-17)23-10-9-20-7-4-8-22(25(20)27-23)30-16-24(29)26-21-13-18(2)12-19(3)14-21/h4,7-10,12-14,17H,5-6,11,15-16H2,1-3H3,(H,26,29). The molecular formula is C25H29N3O2. The van der Waals surface area contributed by atoms with E-state index < -0.39 is 0 Å². The lowest BCUT2D eigenvalue weighted by Gasteiger charge is -2.32. The Kier molecular flexibility index (Phi) is 5.88. The molecule has 0 spiro atoms. The first-order chi connectivity index (χ1) is 14.5. The summed E-state index contributed by atoms with van der Waals surface area (Å²) in [5.41, 5.74) is 3.82. The molecule has 2 heterocycles. The maximum absolute atomic E-state index is 12.4. The number of ether oxygens (including phenoxy) is 1. The normalized spacial score (nSPS) is 16.5. The fourth-order valence-corrected chi connectivity index (χ4v) is 4.19. The van der Waals surface area contributed by atoms with E-state index in [1.54, 1.807) is 0 Å². The van der Waals surface area contributed by atoms with E-state index in [-0.39, 0.29) is 12.5 Å². The van der Waals surface area contributed by atoms with Gasteiger partial charge in [-0.2, -0.15) is 0 Å². The van der Waals surface area contributed by atoms with Crippen molar-refractivity contribution in [2.24, 2.45) is 5.92 Å². The number of anilines is 2. The summed E-state index contributed by atoms with van der Waals surface area (Å²) in [6.45, 7) is 8.32. The molecule has 1 aliphatic heterocycles. The van der Waals surface area contributed by atoms with Crippen molar-refractivity contribution < 1.29 is 9.53 Å². The highest BCUT2D eigenvalue weighted by molar-refractivity contribution is 5.92. The van der Waals surface area contributed by atoms with Gasteiger partial charge in [0.05, 0.1) is 0 Å². The fraction of sp³-hybridized carbons (Fsp3) is 0.360. The van der Waals surface area contributed by atoms with Gasteiger partial charge in [0.2, 0.25) is 0 Å². The van der Waals surface area contributed by atoms with Crippen LogP contribution in [-0.4, -0.2) is 30.6 Å². The van der Waals surface area contributed by atoms with Crippen LogP contribution in [0.25, 0.3) is 10.9 Å². The number of hydrogen-bond acceptors (Lipinski definition) is 4. The van der Waals surface area contributed by atoms with Crippen LogP contribution >= 0.6 is 0 Å². The third-order valence-corrected chi connectivity index (χ3v) is 5.51. The molecule has 0 bridgehead atoms. The van der Waals surface area contributed by atoms with Gasteiger partial charge in [0.25, 0.3) is 5.91 Å². The molecule has 1 unspecified atom stereocenters. The van der Waals surface area contributed by atoms with Crippen molar-refractivity contribution in [3.8, 4) is 5.75 Å². The molecule has 5 nitrogen and oxygen atoms in total. The van der Waals surface area contributed by atoms with Crippen LogP contribution in [0.4, 0.5) is 11.5 Å². The number of carbonyl (C=O) groups is 1. The minimum absolute atomic E-state index is 0.0568. The zero-order valence-electron chi connectivity index (χ0n) is 17.9. The van der Waals surface area contributed by atoms with E-state index in [1.807, 2.05) is 44.2 Å². The second-order valence-electron chi connectivity index (χ2n) is 8.40. The van der Waals surface area contributed by atoms with Crippen LogP contribution in [0.15, 0.2) is 48.5 Å². The highest BCUT2D eigenvalue weighted by Gasteiger charge is 2.18. The Morgan fingerprint density at radius 2 is 1.97 bits per heavy atom. The summed E-state index contributed by atoms with van der Waals surface area (Å²) in [7, 11) is 0. The van der Waals surface area contributed by atoms with Crippen LogP contribution in [0.1, 0.15) is 30.9 Å². The van der Waals surface area contributed by atoms with Gasteiger partial charge in [-0.05, 0) is 74.1 Å². The molecule has 0 saturated carbocycles. The fourth-order valence-electron chi connectivity index (χ4n) is 4.19. The molecule has 1 saturated heterocycles. The Hall–Kier alpha value is -3.08. The van der Waals surface area contributed by atoms with E-state index >= 15 is 0 Å². The first-order valence-electron chi connectivity index (χ1n) is 10.6. The van der Waals surface area contributed by atoms with Crippen molar-refractivity contribution in [2.75, 3.05) is 29.9 Å². The van der Waals surface area contributed by atoms with Crippen LogP contribution in [0.2, 0.25) is 0 Å². The molecule has 5 heteroatoms. The number of rotatable bonds is 5. The van der Waals surface area contributed by atoms with Crippen LogP contribution in [0, 0.1) is 19.8 Å². The molecule has 3 aromatic rings. The molecule has 1 aliphatic rings. The number of para-hydroxylation sites is 1. The first kappa shape index (κ1) is 20.2. The predicted octanol–water partition coefficient (Wildman–Crippen LogP) is 5.11. The Morgan fingerprint density at radius 1 is 1.17 bits per heavy atom. The Labute approximate surface area is 178 Å². The minimum Gasteiger partial charge on any atom is -0.481 e. The molecule has 1 aromatic heterocycles. The smallest absolute Gasteiger partial charge is 0.262 e. The number of nitrogens with zero attached hydrogens (tertiary/aromatic N) is 2. The van der Waals surface area contributed by atoms with Crippen LogP contribution in [0.5, 0.6) is 5.75 Å². The van der Waals surface area contributed by atoms with Gasteiger partial charge < -0.3 is 15.0 Å². The Balaban J connectivity index is 1.49. The number of fused-ring (bicyclic) bond motifs is 1. The number of pyridine rings is 1. The molecule has 1 fully saturated rings. The van der Waals surface area contributed by atoms with E-state index in [0.29, 0.717) is 11.7 Å². The zero-order valence-corrected chi connectivity index (χ0v) is 17.9. The molecule has 2 aromatic carbocycles. The number of benzene rings is 2. The maximum atomic E-state index is 12.4. The van der Waals surface area contributed by atoms with Crippen molar-refractivity contribution in [1.82, 2.24) is 4.98 Å². The van der Waals surface area contributed by atoms with Crippen LogP contribution in [0.3, 0.4) is 0 Å². The third-order valence-electron chi connectivity index (χ3n) is 5.51. The van der Waals surface area contributed by atoms with Crippen molar-refractivity contribution in [3.05, 3.63) is 59.7 Å². The predicted molar refractivity (Wildman–Crippen MR) is 122 cm³/mol. The number of piperidine rings is 1. The summed E-state index contributed by atoms with van der Waals surface area (Å²) in [5, 5.41) is 3.93. The number of aryl methyl sites for hydroxylation is 2. The van der Waals surface area contributed by atoms with Gasteiger partial charge in [0, 0.05) is 24.2 Å². The van der Waals surface area contributed by atoms with Crippen molar-refractivity contribution >= 4 is 28.3 Å². The molecule has 0 aliphatic carbocycles. The van der Waals surface area contributed by atoms with Gasteiger partial charge in [0.15, 0.2) is 6.61 Å². The van der Waals surface area contributed by atoms with Gasteiger partial charge in [-0.15, -0.1) is 0 Å². The molecule has 156 valence electrons. The quantitative estimate of drug-likeness (QED) is 0.643. The lowest BCUT2D eigenvalue weighted by molar-refractivity contribution is -0.118. The highest BCUT2D eigenvalue weighted by atomic mass is 16.5. The lowest BCUT2D eigenvalue weighted by atomic mass is 10.0. The average molecular weight is 404 g/mol. The summed E-state index contributed by atoms with van der Waals surface area (Å²) < 4.78 is 5.88. The van der Waals surface area contributed by atoms with E-state index in [0.717, 1.165) is 46.6 Å². The van der Waals surface area contributed by atoms with Gasteiger partial charge in [-0.3, -0.25) is 4.79 Å². The number of hydrogen-bond donors (Lipinski definition) is 1. The van der Waals surface area contributed by atoms with Crippen LogP contribution < -0.4 is 15.0 Å². The maximum Gasteiger partial charge on any atom is 0.262 e. The molecule has 1 N–H and O–H groups in total. The van der Waals surface area contributed by atoms with Gasteiger partial charge in [-0.25, -0.2) is 4.98 Å². The van der Waals surface area contributed by atoms with E-state index in [1.165, 1.54) is 12.8 Å². The zero-order chi connectivity index (χ0) is 21.1. The molecule has 30 heavy (non-hydrogen) atoms. The SMILES string of the molecule is Cc1cc(C)cc(NC(=O)COc2cccc3ccc(N4CCCC(C)C4)nc23)c1. The number of amides is 1. The Morgan fingerprint density at radius 3 is 2.73 bits per heavy atom. The third kappa shape index (κ3) is 4.73. The average Bonchev–Trinajstić information content (AvgIpc) is 2.71. The van der Waals surface area contributed by atoms with Crippen molar-refractivity contribution in [1.29, 1.82) is 0 Å². The van der Waals surface area contributed by atoms with Gasteiger partial charge in [-0.1, -0.05) is 25.1 Å². The van der Waals surface area contributed by atoms with E-state index in [2.05, 4.69) is 35.3 Å². The summed E-state index contributed by atoms with van der Waals surface area (Å²) >= 11 is 0. The molecule has 1 atom stereocenters. The minimum atomic E-state index is -0.182. The second kappa shape index (κ2) is 8.74. The van der Waals surface area contributed by atoms with Gasteiger partial charge in [0.1, 0.15) is 17.1 Å². The Bertz CT molecular complexity index is 1040. The molecular weight excluding hydrogens is 374 g/mol. The molecule has 4 rings (SSSR count). The summed E-state index contributed by atoms with van der Waals surface area (Å²) in [6, 6.07) is 16.0. The topological polar surface area (TPSA) is 54.5 Å². The van der Waals surface area contributed by atoms with Crippen molar-refractivity contribution in [3.63, 3.8) is 0 Å². The number of nitrogens with one attached hydrogen (secondary N) is 1. The number of carbonyl (C=O) groups excluding carboxylic acids is 1. The lowest BCUT2D eigenvalue weighted by Crippen LogP contribution is -2.34. The summed E-state index contributed by atoms with van der Waals surface area (Å²) in [6.07, 6.45) is 2.46. The molecule has 0 radical (unpaired) electrons. The van der Waals surface area contributed by atoms with E-state index in [9.17, 15) is 4.79 Å². The monoisotopic (exact) mass is 403 g/mol. The van der Waals surface area contributed by atoms with Crippen LogP contribution in [-0.2, 0) is 4.79 Å². The first-order valence-corrected chi connectivity index (χ1v) is 10.6. The largest absolute Gasteiger partial charge is 0.481 e. The molecule has 1 amide bonds. The summed E-state index contributed by atoms with van der Waals surface area (Å²) in [4.78, 5) is 19.7. The van der Waals surface area contributed by atoms with Crippen molar-refractivity contribution in [2.45, 2.75) is 33.6 Å². The van der Waals surface area contributed by atoms with E-state index in [4.69, 9.17) is 9.72 Å². The number of aromatic nitrogens is 1. The van der Waals surface area contributed by atoms with Gasteiger partial charge >= 0.3 is 0 Å². The summed E-state index contributed by atoms with van der Waals surface area (Å²) in [5.74, 6) is 2.11.